The molecule has 6 nitrogen and oxygen atoms in total. The van der Waals surface area contributed by atoms with Crippen LogP contribution in [0.25, 0.3) is 0 Å². The Balaban J connectivity index is 1.63. The quantitative estimate of drug-likeness (QED) is 0.720. The minimum atomic E-state index is -0.0678. The Bertz CT molecular complexity index is 810. The van der Waals surface area contributed by atoms with E-state index in [1.807, 2.05) is 53.4 Å². The first-order valence-electron chi connectivity index (χ1n) is 10.2. The molecule has 1 fully saturated rings. The number of amides is 2. The number of hydrogen-bond donors (Lipinski definition) is 2. The van der Waals surface area contributed by atoms with Crippen LogP contribution in [0.5, 0.6) is 5.75 Å². The van der Waals surface area contributed by atoms with Crippen molar-refractivity contribution in [1.29, 1.82) is 0 Å². The van der Waals surface area contributed by atoms with Gasteiger partial charge in [-0.25, -0.2) is 0 Å². The van der Waals surface area contributed by atoms with Crippen LogP contribution < -0.4 is 15.8 Å². The van der Waals surface area contributed by atoms with Crippen LogP contribution in [0.4, 0.5) is 0 Å². The van der Waals surface area contributed by atoms with E-state index in [-0.39, 0.29) is 17.9 Å². The monoisotopic (exact) mass is 395 g/mol. The summed E-state index contributed by atoms with van der Waals surface area (Å²) in [5, 5.41) is 2.90. The molecule has 154 valence electrons. The number of piperidine rings is 1. The predicted octanol–water partition coefficient (Wildman–Crippen LogP) is 2.73. The SMILES string of the molecule is NCCC(=O)NCC1CCCCN1C(=O)c1cccc(OCc2ccccc2)c1. The number of carbonyl (C=O) groups excluding carboxylic acids is 2. The largest absolute Gasteiger partial charge is 0.489 e. The fourth-order valence-corrected chi connectivity index (χ4v) is 3.56. The number of benzene rings is 2. The number of ether oxygens (including phenoxy) is 1. The van der Waals surface area contributed by atoms with E-state index in [2.05, 4.69) is 5.32 Å². The van der Waals surface area contributed by atoms with E-state index in [4.69, 9.17) is 10.5 Å². The zero-order valence-corrected chi connectivity index (χ0v) is 16.7. The fraction of sp³-hybridized carbons (Fsp3) is 0.391. The van der Waals surface area contributed by atoms with Crippen molar-refractivity contribution in [3.8, 4) is 5.75 Å². The van der Waals surface area contributed by atoms with Crippen molar-refractivity contribution in [3.63, 3.8) is 0 Å². The summed E-state index contributed by atoms with van der Waals surface area (Å²) in [6, 6.07) is 17.3. The van der Waals surface area contributed by atoms with Crippen LogP contribution in [0.15, 0.2) is 54.6 Å². The molecule has 1 aliphatic rings. The Hall–Kier alpha value is -2.86. The molecule has 0 aromatic heterocycles. The first-order chi connectivity index (χ1) is 14.2. The fourth-order valence-electron chi connectivity index (χ4n) is 3.56. The maximum absolute atomic E-state index is 13.1. The second kappa shape index (κ2) is 10.6. The van der Waals surface area contributed by atoms with E-state index in [1.54, 1.807) is 6.07 Å². The van der Waals surface area contributed by atoms with Gasteiger partial charge in [-0.15, -0.1) is 0 Å². The second-order valence-corrected chi connectivity index (χ2v) is 7.29. The van der Waals surface area contributed by atoms with Gasteiger partial charge < -0.3 is 20.7 Å². The molecule has 2 aromatic rings. The standard InChI is InChI=1S/C23H29N3O3/c24-13-12-22(27)25-16-20-10-4-5-14-26(20)23(28)19-9-6-11-21(15-19)29-17-18-7-2-1-3-8-18/h1-3,6-9,11,15,20H,4-5,10,12-14,16-17,24H2,(H,25,27). The summed E-state index contributed by atoms with van der Waals surface area (Å²) in [4.78, 5) is 26.8. The van der Waals surface area contributed by atoms with Gasteiger partial charge in [-0.3, -0.25) is 9.59 Å². The molecule has 0 bridgehead atoms. The van der Waals surface area contributed by atoms with Crippen molar-refractivity contribution in [2.75, 3.05) is 19.6 Å². The van der Waals surface area contributed by atoms with Gasteiger partial charge in [0.1, 0.15) is 12.4 Å². The molecule has 3 rings (SSSR count). The molecule has 0 radical (unpaired) electrons. The highest BCUT2D eigenvalue weighted by Gasteiger charge is 2.27. The molecule has 1 unspecified atom stereocenters. The average molecular weight is 396 g/mol. The summed E-state index contributed by atoms with van der Waals surface area (Å²) in [6.45, 7) is 1.95. The van der Waals surface area contributed by atoms with Crippen LogP contribution >= 0.6 is 0 Å². The number of carbonyl (C=O) groups is 2. The van der Waals surface area contributed by atoms with Gasteiger partial charge in [0.15, 0.2) is 0 Å². The summed E-state index contributed by atoms with van der Waals surface area (Å²) in [5.41, 5.74) is 7.11. The lowest BCUT2D eigenvalue weighted by Gasteiger charge is -2.36. The van der Waals surface area contributed by atoms with E-state index in [1.165, 1.54) is 0 Å². The third kappa shape index (κ3) is 6.06. The highest BCUT2D eigenvalue weighted by Crippen LogP contribution is 2.22. The van der Waals surface area contributed by atoms with Gasteiger partial charge in [0.05, 0.1) is 0 Å². The molecule has 2 amide bonds. The van der Waals surface area contributed by atoms with Crippen LogP contribution in [0.2, 0.25) is 0 Å². The number of nitrogens with one attached hydrogen (secondary N) is 1. The van der Waals surface area contributed by atoms with E-state index in [0.717, 1.165) is 24.8 Å². The highest BCUT2D eigenvalue weighted by molar-refractivity contribution is 5.95. The molecule has 1 atom stereocenters. The molecule has 1 heterocycles. The van der Waals surface area contributed by atoms with Gasteiger partial charge >= 0.3 is 0 Å². The number of hydrogen-bond acceptors (Lipinski definition) is 4. The van der Waals surface area contributed by atoms with Crippen LogP contribution in [0, 0.1) is 0 Å². The van der Waals surface area contributed by atoms with E-state index < -0.39 is 0 Å². The molecule has 1 saturated heterocycles. The molecular weight excluding hydrogens is 366 g/mol. The second-order valence-electron chi connectivity index (χ2n) is 7.29. The summed E-state index contributed by atoms with van der Waals surface area (Å²) >= 11 is 0. The van der Waals surface area contributed by atoms with Crippen molar-refractivity contribution in [3.05, 3.63) is 65.7 Å². The Labute approximate surface area is 172 Å². The molecule has 29 heavy (non-hydrogen) atoms. The molecule has 6 heteroatoms. The van der Waals surface area contributed by atoms with E-state index in [9.17, 15) is 9.59 Å². The maximum Gasteiger partial charge on any atom is 0.254 e. The summed E-state index contributed by atoms with van der Waals surface area (Å²) < 4.78 is 5.86. The number of nitrogens with two attached hydrogens (primary N) is 1. The molecular formula is C23H29N3O3. The number of likely N-dealkylation sites (tertiary alicyclic amines) is 1. The van der Waals surface area contributed by atoms with Gasteiger partial charge in [-0.2, -0.15) is 0 Å². The van der Waals surface area contributed by atoms with Crippen molar-refractivity contribution in [1.82, 2.24) is 10.2 Å². The lowest BCUT2D eigenvalue weighted by Crippen LogP contribution is -2.49. The Morgan fingerprint density at radius 2 is 1.93 bits per heavy atom. The molecule has 1 aliphatic heterocycles. The predicted molar refractivity (Wildman–Crippen MR) is 113 cm³/mol. The van der Waals surface area contributed by atoms with Gasteiger partial charge in [0.25, 0.3) is 5.91 Å². The van der Waals surface area contributed by atoms with Crippen molar-refractivity contribution < 1.29 is 14.3 Å². The smallest absolute Gasteiger partial charge is 0.254 e. The Morgan fingerprint density at radius 1 is 1.10 bits per heavy atom. The Kier molecular flexibility index (Phi) is 7.64. The highest BCUT2D eigenvalue weighted by atomic mass is 16.5. The third-order valence-corrected chi connectivity index (χ3v) is 5.12. The summed E-state index contributed by atoms with van der Waals surface area (Å²) in [6.07, 6.45) is 3.23. The molecule has 0 saturated carbocycles. The van der Waals surface area contributed by atoms with Crippen molar-refractivity contribution in [2.24, 2.45) is 5.73 Å². The summed E-state index contributed by atoms with van der Waals surface area (Å²) in [5.74, 6) is 0.583. The van der Waals surface area contributed by atoms with Crippen LogP contribution in [-0.4, -0.2) is 42.4 Å². The summed E-state index contributed by atoms with van der Waals surface area (Å²) in [7, 11) is 0. The van der Waals surface area contributed by atoms with Crippen LogP contribution in [-0.2, 0) is 11.4 Å². The van der Waals surface area contributed by atoms with Gasteiger partial charge in [-0.1, -0.05) is 36.4 Å². The zero-order valence-electron chi connectivity index (χ0n) is 16.7. The molecule has 0 aliphatic carbocycles. The van der Waals surface area contributed by atoms with Crippen molar-refractivity contribution >= 4 is 11.8 Å². The van der Waals surface area contributed by atoms with E-state index >= 15 is 0 Å². The third-order valence-electron chi connectivity index (χ3n) is 5.12. The first-order valence-corrected chi connectivity index (χ1v) is 10.2. The average Bonchev–Trinajstić information content (AvgIpc) is 2.77. The lowest BCUT2D eigenvalue weighted by atomic mass is 10.0. The maximum atomic E-state index is 13.1. The lowest BCUT2D eigenvalue weighted by molar-refractivity contribution is -0.121. The normalized spacial score (nSPS) is 16.3. The van der Waals surface area contributed by atoms with E-state index in [0.29, 0.717) is 44.0 Å². The van der Waals surface area contributed by atoms with Crippen LogP contribution in [0.1, 0.15) is 41.6 Å². The van der Waals surface area contributed by atoms with Crippen LogP contribution in [0.3, 0.4) is 0 Å². The number of rotatable bonds is 8. The number of nitrogens with zero attached hydrogens (tertiary/aromatic N) is 1. The topological polar surface area (TPSA) is 84.7 Å². The first kappa shape index (κ1) is 20.9. The minimum absolute atomic E-state index is 0.00636. The van der Waals surface area contributed by atoms with Gasteiger partial charge in [0.2, 0.25) is 5.91 Å². The van der Waals surface area contributed by atoms with Crippen molar-refractivity contribution in [2.45, 2.75) is 38.3 Å². The van der Waals surface area contributed by atoms with Gasteiger partial charge in [-0.05, 0) is 43.0 Å². The zero-order chi connectivity index (χ0) is 20.5. The minimum Gasteiger partial charge on any atom is -0.489 e. The molecule has 3 N–H and O–H groups in total. The molecule has 0 spiro atoms. The van der Waals surface area contributed by atoms with Gasteiger partial charge in [0, 0.05) is 37.7 Å². The Morgan fingerprint density at radius 3 is 2.72 bits per heavy atom. The molecule has 2 aromatic carbocycles.